The highest BCUT2D eigenvalue weighted by molar-refractivity contribution is 5.89. The summed E-state index contributed by atoms with van der Waals surface area (Å²) >= 11 is 0. The van der Waals surface area contributed by atoms with Crippen LogP contribution in [0.5, 0.6) is 0 Å². The zero-order valence-corrected chi connectivity index (χ0v) is 15.8. The lowest BCUT2D eigenvalue weighted by Gasteiger charge is -2.33. The molecule has 0 spiro atoms. The van der Waals surface area contributed by atoms with E-state index in [4.69, 9.17) is 10.3 Å². The molecule has 0 radical (unpaired) electrons. The average molecular weight is 364 g/mol. The summed E-state index contributed by atoms with van der Waals surface area (Å²) in [7, 11) is 1.46. The van der Waals surface area contributed by atoms with E-state index >= 15 is 0 Å². The van der Waals surface area contributed by atoms with Crippen molar-refractivity contribution >= 4 is 17.8 Å². The lowest BCUT2D eigenvalue weighted by molar-refractivity contribution is -0.150. The van der Waals surface area contributed by atoms with Gasteiger partial charge in [0.05, 0.1) is 0 Å². The second-order valence-corrected chi connectivity index (χ2v) is 7.21. The maximum atomic E-state index is 12.9. The number of carbonyl (C=O) groups is 3. The first kappa shape index (κ1) is 21.6. The number of benzene rings is 1. The predicted octanol–water partition coefficient (Wildman–Crippen LogP) is 2.15. The van der Waals surface area contributed by atoms with Gasteiger partial charge in [-0.25, -0.2) is 5.48 Å². The third-order valence-corrected chi connectivity index (χ3v) is 4.57. The number of carboxylic acids is 1. The highest BCUT2D eigenvalue weighted by Gasteiger charge is 2.35. The summed E-state index contributed by atoms with van der Waals surface area (Å²) in [6.07, 6.45) is 0.933. The normalized spacial score (nSPS) is 12.3. The van der Waals surface area contributed by atoms with Crippen LogP contribution in [-0.2, 0) is 20.8 Å². The van der Waals surface area contributed by atoms with Gasteiger partial charge >= 0.3 is 5.97 Å². The van der Waals surface area contributed by atoms with Crippen LogP contribution < -0.4 is 5.48 Å². The van der Waals surface area contributed by atoms with Crippen molar-refractivity contribution in [2.24, 2.45) is 5.41 Å². The average Bonchev–Trinajstić information content (AvgIpc) is 2.60. The molecule has 2 amide bonds. The number of aliphatic carboxylic acids is 1. The van der Waals surface area contributed by atoms with Crippen LogP contribution in [-0.4, -0.2) is 46.1 Å². The summed E-state index contributed by atoms with van der Waals surface area (Å²) in [6.45, 7) is 5.60. The third kappa shape index (κ3) is 6.15. The van der Waals surface area contributed by atoms with Gasteiger partial charge in [0.1, 0.15) is 6.04 Å². The smallest absolute Gasteiger partial charge is 0.303 e. The Morgan fingerprint density at radius 2 is 1.77 bits per heavy atom. The van der Waals surface area contributed by atoms with Gasteiger partial charge in [-0.15, -0.1) is 0 Å². The Labute approximate surface area is 154 Å². The van der Waals surface area contributed by atoms with Crippen LogP contribution in [0.25, 0.3) is 0 Å². The number of amides is 2. The Bertz CT molecular complexity index is 640. The minimum atomic E-state index is -1.07. The minimum absolute atomic E-state index is 0.0714. The number of hydrogen-bond donors (Lipinski definition) is 3. The summed E-state index contributed by atoms with van der Waals surface area (Å²) < 4.78 is 0. The fourth-order valence-corrected chi connectivity index (χ4v) is 2.77. The van der Waals surface area contributed by atoms with Gasteiger partial charge in [-0.1, -0.05) is 43.7 Å². The first-order valence-corrected chi connectivity index (χ1v) is 8.57. The summed E-state index contributed by atoms with van der Waals surface area (Å²) in [5.41, 5.74) is 3.06. The Morgan fingerprint density at radius 1 is 1.19 bits per heavy atom. The number of hydroxylamine groups is 1. The number of carboxylic acid groups (broad SMARTS) is 1. The molecule has 0 bridgehead atoms. The standard InChI is InChI=1S/C19H28N2O5/c1-13-5-7-14(8-6-13)11-12-19(2,3)18(25)21(4)15(17(24)20-26)9-10-16(22)23/h5-8,15,26H,9-12H2,1-4H3,(H,20,24)(H,22,23)/t15-/m1/s1. The molecule has 7 heteroatoms. The topological polar surface area (TPSA) is 107 Å². The quantitative estimate of drug-likeness (QED) is 0.460. The molecule has 0 saturated carbocycles. The van der Waals surface area contributed by atoms with E-state index in [0.29, 0.717) is 12.8 Å². The van der Waals surface area contributed by atoms with Crippen LogP contribution in [0, 0.1) is 12.3 Å². The zero-order valence-electron chi connectivity index (χ0n) is 15.8. The second kappa shape index (κ2) is 9.33. The maximum absolute atomic E-state index is 12.9. The van der Waals surface area contributed by atoms with Gasteiger partial charge in [0, 0.05) is 18.9 Å². The largest absolute Gasteiger partial charge is 0.481 e. The van der Waals surface area contributed by atoms with Gasteiger partial charge in [-0.05, 0) is 31.7 Å². The van der Waals surface area contributed by atoms with E-state index in [9.17, 15) is 14.4 Å². The molecule has 0 aromatic heterocycles. The monoisotopic (exact) mass is 364 g/mol. The van der Waals surface area contributed by atoms with Gasteiger partial charge in [0.25, 0.3) is 5.91 Å². The lowest BCUT2D eigenvalue weighted by Crippen LogP contribution is -2.51. The molecule has 0 aliphatic rings. The number of likely N-dealkylation sites (N-methyl/N-ethyl adjacent to an activating group) is 1. The molecule has 3 N–H and O–H groups in total. The number of rotatable bonds is 9. The SMILES string of the molecule is Cc1ccc(CCC(C)(C)C(=O)N(C)[C@H](CCC(=O)O)C(=O)NO)cc1. The molecular weight excluding hydrogens is 336 g/mol. The zero-order chi connectivity index (χ0) is 19.9. The van der Waals surface area contributed by atoms with E-state index in [1.807, 2.05) is 31.2 Å². The molecule has 0 unspecified atom stereocenters. The molecule has 1 aromatic carbocycles. The summed E-state index contributed by atoms with van der Waals surface area (Å²) in [4.78, 5) is 36.7. The number of nitrogens with one attached hydrogen (secondary N) is 1. The third-order valence-electron chi connectivity index (χ3n) is 4.57. The first-order chi connectivity index (χ1) is 12.1. The molecule has 0 saturated heterocycles. The lowest BCUT2D eigenvalue weighted by atomic mass is 9.84. The van der Waals surface area contributed by atoms with Crippen molar-refractivity contribution < 1.29 is 24.7 Å². The molecule has 0 aliphatic heterocycles. The summed E-state index contributed by atoms with van der Waals surface area (Å²) in [5, 5.41) is 17.7. The van der Waals surface area contributed by atoms with Gasteiger partial charge in [-0.2, -0.15) is 0 Å². The van der Waals surface area contributed by atoms with Crippen LogP contribution in [0.3, 0.4) is 0 Å². The second-order valence-electron chi connectivity index (χ2n) is 7.21. The molecule has 1 aromatic rings. The Kier molecular flexibility index (Phi) is 7.76. The van der Waals surface area contributed by atoms with E-state index in [2.05, 4.69) is 0 Å². The molecule has 1 atom stereocenters. The van der Waals surface area contributed by atoms with Crippen LogP contribution in [0.2, 0.25) is 0 Å². The Hall–Kier alpha value is -2.41. The van der Waals surface area contributed by atoms with Crippen molar-refractivity contribution in [2.75, 3.05) is 7.05 Å². The number of aryl methyl sites for hydroxylation is 2. The molecule has 144 valence electrons. The molecule has 0 heterocycles. The van der Waals surface area contributed by atoms with Crippen LogP contribution in [0.15, 0.2) is 24.3 Å². The fourth-order valence-electron chi connectivity index (χ4n) is 2.77. The number of carbonyl (C=O) groups excluding carboxylic acids is 2. The fraction of sp³-hybridized carbons (Fsp3) is 0.526. The molecular formula is C19H28N2O5. The van der Waals surface area contributed by atoms with E-state index in [1.165, 1.54) is 23.0 Å². The van der Waals surface area contributed by atoms with Crippen molar-refractivity contribution in [3.8, 4) is 0 Å². The van der Waals surface area contributed by atoms with E-state index in [1.54, 1.807) is 13.8 Å². The van der Waals surface area contributed by atoms with Crippen molar-refractivity contribution in [1.82, 2.24) is 10.4 Å². The van der Waals surface area contributed by atoms with Crippen LogP contribution in [0.1, 0.15) is 44.2 Å². The Balaban J connectivity index is 2.81. The molecule has 7 nitrogen and oxygen atoms in total. The van der Waals surface area contributed by atoms with Crippen molar-refractivity contribution in [1.29, 1.82) is 0 Å². The van der Waals surface area contributed by atoms with E-state index in [0.717, 1.165) is 5.56 Å². The Morgan fingerprint density at radius 3 is 2.27 bits per heavy atom. The highest BCUT2D eigenvalue weighted by Crippen LogP contribution is 2.27. The summed E-state index contributed by atoms with van der Waals surface area (Å²) in [5.74, 6) is -2.14. The van der Waals surface area contributed by atoms with Crippen LogP contribution in [0.4, 0.5) is 0 Å². The molecule has 1 rings (SSSR count). The first-order valence-electron chi connectivity index (χ1n) is 8.57. The van der Waals surface area contributed by atoms with Gasteiger partial charge in [0.15, 0.2) is 0 Å². The van der Waals surface area contributed by atoms with E-state index in [-0.39, 0.29) is 18.7 Å². The summed E-state index contributed by atoms with van der Waals surface area (Å²) in [6, 6.07) is 7.04. The molecule has 0 aliphatic carbocycles. The molecule has 26 heavy (non-hydrogen) atoms. The predicted molar refractivity (Wildman–Crippen MR) is 96.6 cm³/mol. The number of hydrogen-bond acceptors (Lipinski definition) is 4. The van der Waals surface area contributed by atoms with Gasteiger partial charge < -0.3 is 10.0 Å². The van der Waals surface area contributed by atoms with Crippen molar-refractivity contribution in [3.05, 3.63) is 35.4 Å². The van der Waals surface area contributed by atoms with Crippen molar-refractivity contribution in [2.45, 2.75) is 52.5 Å². The molecule has 0 fully saturated rings. The maximum Gasteiger partial charge on any atom is 0.303 e. The minimum Gasteiger partial charge on any atom is -0.481 e. The van der Waals surface area contributed by atoms with Crippen molar-refractivity contribution in [3.63, 3.8) is 0 Å². The number of nitrogens with zero attached hydrogens (tertiary/aromatic N) is 1. The van der Waals surface area contributed by atoms with E-state index < -0.39 is 23.3 Å². The highest BCUT2D eigenvalue weighted by atomic mass is 16.5. The van der Waals surface area contributed by atoms with Gasteiger partial charge in [0.2, 0.25) is 5.91 Å². The van der Waals surface area contributed by atoms with Crippen LogP contribution >= 0.6 is 0 Å². The van der Waals surface area contributed by atoms with Gasteiger partial charge in [-0.3, -0.25) is 19.6 Å².